The molecule has 2 amide bonds. The molecule has 7 nitrogen and oxygen atoms in total. The van der Waals surface area contributed by atoms with Crippen molar-refractivity contribution < 1.29 is 19.1 Å². The monoisotopic (exact) mass is 477 g/mol. The SMILES string of the molecule is CCOC(=O)c1c(NC(=O)CC2SC3=NCCCN3C2=O)sc2c1CCC(C(C)(C)C)C2. The fraction of sp³-hybridized carbons (Fsp3) is 0.652. The number of hydrogen-bond donors (Lipinski definition) is 1. The molecular formula is C23H31N3O4S2. The van der Waals surface area contributed by atoms with Gasteiger partial charge in [0.15, 0.2) is 5.17 Å². The lowest BCUT2D eigenvalue weighted by Gasteiger charge is -2.33. The van der Waals surface area contributed by atoms with E-state index >= 15 is 0 Å². The molecule has 0 aromatic carbocycles. The van der Waals surface area contributed by atoms with Gasteiger partial charge in [-0.25, -0.2) is 4.79 Å². The fourth-order valence-corrected chi connectivity index (χ4v) is 7.07. The third-order valence-electron chi connectivity index (χ3n) is 6.40. The first-order valence-electron chi connectivity index (χ1n) is 11.3. The van der Waals surface area contributed by atoms with Gasteiger partial charge in [-0.3, -0.25) is 19.5 Å². The Morgan fingerprint density at radius 2 is 2.09 bits per heavy atom. The van der Waals surface area contributed by atoms with E-state index < -0.39 is 5.25 Å². The van der Waals surface area contributed by atoms with E-state index in [0.29, 0.717) is 23.0 Å². The summed E-state index contributed by atoms with van der Waals surface area (Å²) < 4.78 is 5.32. The van der Waals surface area contributed by atoms with Crippen molar-refractivity contribution in [1.29, 1.82) is 0 Å². The summed E-state index contributed by atoms with van der Waals surface area (Å²) in [5, 5.41) is 3.77. The maximum atomic E-state index is 12.9. The van der Waals surface area contributed by atoms with Crippen LogP contribution in [0.3, 0.4) is 0 Å². The maximum absolute atomic E-state index is 12.9. The summed E-state index contributed by atoms with van der Waals surface area (Å²) in [6.07, 6.45) is 3.64. The zero-order chi connectivity index (χ0) is 23.0. The molecule has 3 heterocycles. The molecule has 174 valence electrons. The number of ether oxygens (including phenoxy) is 1. The van der Waals surface area contributed by atoms with Crippen molar-refractivity contribution in [3.63, 3.8) is 0 Å². The van der Waals surface area contributed by atoms with E-state index in [1.54, 1.807) is 11.8 Å². The molecule has 0 spiro atoms. The smallest absolute Gasteiger partial charge is 0.341 e. The lowest BCUT2D eigenvalue weighted by Crippen LogP contribution is -2.36. The number of carbonyl (C=O) groups excluding carboxylic acids is 3. The average Bonchev–Trinajstić information content (AvgIpc) is 3.24. The molecule has 0 saturated carbocycles. The standard InChI is InChI=1S/C23H31N3O4S2/c1-5-30-21(29)18-14-8-7-13(23(2,3)4)11-15(14)31-19(18)25-17(27)12-16-20(28)26-10-6-9-24-22(26)32-16/h13,16H,5-12H2,1-4H3,(H,25,27). The van der Waals surface area contributed by atoms with Gasteiger partial charge in [-0.1, -0.05) is 32.5 Å². The quantitative estimate of drug-likeness (QED) is 0.645. The molecular weight excluding hydrogens is 446 g/mol. The van der Waals surface area contributed by atoms with Gasteiger partial charge in [0, 0.05) is 24.4 Å². The number of amides is 2. The lowest BCUT2D eigenvalue weighted by molar-refractivity contribution is -0.128. The van der Waals surface area contributed by atoms with Crippen molar-refractivity contribution >= 4 is 51.1 Å². The number of nitrogens with zero attached hydrogens (tertiary/aromatic N) is 2. The third-order valence-corrected chi connectivity index (χ3v) is 8.78. The van der Waals surface area contributed by atoms with E-state index in [1.165, 1.54) is 23.1 Å². The molecule has 32 heavy (non-hydrogen) atoms. The van der Waals surface area contributed by atoms with Crippen LogP contribution in [0.4, 0.5) is 5.00 Å². The number of anilines is 1. The van der Waals surface area contributed by atoms with Crippen molar-refractivity contribution in [2.24, 2.45) is 16.3 Å². The van der Waals surface area contributed by atoms with Gasteiger partial charge in [0.1, 0.15) is 10.3 Å². The molecule has 2 unspecified atom stereocenters. The molecule has 9 heteroatoms. The molecule has 1 aliphatic carbocycles. The van der Waals surface area contributed by atoms with Gasteiger partial charge in [-0.15, -0.1) is 11.3 Å². The summed E-state index contributed by atoms with van der Waals surface area (Å²) in [4.78, 5) is 45.6. The van der Waals surface area contributed by atoms with Crippen LogP contribution in [0.15, 0.2) is 4.99 Å². The fourth-order valence-electron chi connectivity index (χ4n) is 4.55. The Morgan fingerprint density at radius 1 is 1.31 bits per heavy atom. The van der Waals surface area contributed by atoms with Crippen LogP contribution in [0, 0.1) is 11.3 Å². The molecule has 2 atom stereocenters. The number of rotatable bonds is 5. The Hall–Kier alpha value is -1.87. The maximum Gasteiger partial charge on any atom is 0.341 e. The van der Waals surface area contributed by atoms with Crippen LogP contribution in [-0.4, -0.2) is 52.8 Å². The van der Waals surface area contributed by atoms with E-state index in [4.69, 9.17) is 4.74 Å². The van der Waals surface area contributed by atoms with Crippen molar-refractivity contribution in [2.75, 3.05) is 25.0 Å². The Bertz CT molecular complexity index is 963. The van der Waals surface area contributed by atoms with Crippen LogP contribution < -0.4 is 5.32 Å². The number of hydrogen-bond acceptors (Lipinski definition) is 7. The summed E-state index contributed by atoms with van der Waals surface area (Å²) in [7, 11) is 0. The van der Waals surface area contributed by atoms with E-state index in [0.717, 1.165) is 47.8 Å². The molecule has 2 aliphatic heterocycles. The Kier molecular flexibility index (Phi) is 6.68. The zero-order valence-electron chi connectivity index (χ0n) is 19.2. The molecule has 3 aliphatic rings. The van der Waals surface area contributed by atoms with Crippen LogP contribution in [-0.2, 0) is 27.2 Å². The summed E-state index contributed by atoms with van der Waals surface area (Å²) in [5.74, 6) is -0.161. The second-order valence-electron chi connectivity index (χ2n) is 9.60. The number of thiophene rings is 1. The van der Waals surface area contributed by atoms with Crippen LogP contribution in [0.2, 0.25) is 0 Å². The number of thioether (sulfide) groups is 1. The molecule has 0 radical (unpaired) electrons. The van der Waals surface area contributed by atoms with Crippen LogP contribution in [0.1, 0.15) is 67.8 Å². The average molecular weight is 478 g/mol. The molecule has 1 fully saturated rings. The predicted molar refractivity (Wildman–Crippen MR) is 129 cm³/mol. The minimum atomic E-state index is -0.460. The molecule has 1 N–H and O–H groups in total. The number of aliphatic imine (C=N–C) groups is 1. The van der Waals surface area contributed by atoms with Crippen molar-refractivity contribution in [1.82, 2.24) is 4.90 Å². The number of esters is 1. The van der Waals surface area contributed by atoms with Crippen LogP contribution >= 0.6 is 23.1 Å². The topological polar surface area (TPSA) is 88.1 Å². The predicted octanol–water partition coefficient (Wildman–Crippen LogP) is 4.11. The highest BCUT2D eigenvalue weighted by Crippen LogP contribution is 2.44. The first-order chi connectivity index (χ1) is 15.2. The third kappa shape index (κ3) is 4.59. The largest absolute Gasteiger partial charge is 0.462 e. The Morgan fingerprint density at radius 3 is 2.78 bits per heavy atom. The Labute approximate surface area is 197 Å². The number of carbonyl (C=O) groups is 3. The molecule has 1 aromatic rings. The van der Waals surface area contributed by atoms with Crippen LogP contribution in [0.5, 0.6) is 0 Å². The zero-order valence-corrected chi connectivity index (χ0v) is 20.8. The Balaban J connectivity index is 1.52. The number of nitrogens with one attached hydrogen (secondary N) is 1. The minimum absolute atomic E-state index is 0.0484. The molecule has 1 saturated heterocycles. The van der Waals surface area contributed by atoms with Gasteiger partial charge in [0.05, 0.1) is 12.2 Å². The van der Waals surface area contributed by atoms with Crippen LogP contribution in [0.25, 0.3) is 0 Å². The van der Waals surface area contributed by atoms with Crippen molar-refractivity contribution in [2.45, 2.75) is 65.0 Å². The molecule has 4 rings (SSSR count). The summed E-state index contributed by atoms with van der Waals surface area (Å²) >= 11 is 2.85. The van der Waals surface area contributed by atoms with E-state index in [1.807, 2.05) is 0 Å². The molecule has 1 aromatic heterocycles. The van der Waals surface area contributed by atoms with Gasteiger partial charge in [0.25, 0.3) is 0 Å². The van der Waals surface area contributed by atoms with Gasteiger partial charge in [0.2, 0.25) is 11.8 Å². The summed E-state index contributed by atoms with van der Waals surface area (Å²) in [6.45, 7) is 10.2. The van der Waals surface area contributed by atoms with Gasteiger partial charge < -0.3 is 10.1 Å². The van der Waals surface area contributed by atoms with Gasteiger partial charge >= 0.3 is 5.97 Å². The number of fused-ring (bicyclic) bond motifs is 2. The minimum Gasteiger partial charge on any atom is -0.462 e. The first kappa shape index (κ1) is 23.3. The lowest BCUT2D eigenvalue weighted by atomic mass is 9.72. The van der Waals surface area contributed by atoms with E-state index in [9.17, 15) is 14.4 Å². The highest BCUT2D eigenvalue weighted by molar-refractivity contribution is 8.15. The van der Waals surface area contributed by atoms with Gasteiger partial charge in [-0.05, 0) is 49.5 Å². The summed E-state index contributed by atoms with van der Waals surface area (Å²) in [6, 6.07) is 0. The highest BCUT2D eigenvalue weighted by atomic mass is 32.2. The molecule has 0 bridgehead atoms. The second-order valence-corrected chi connectivity index (χ2v) is 11.9. The van der Waals surface area contributed by atoms with Crippen molar-refractivity contribution in [3.05, 3.63) is 16.0 Å². The van der Waals surface area contributed by atoms with Gasteiger partial charge in [-0.2, -0.15) is 0 Å². The highest BCUT2D eigenvalue weighted by Gasteiger charge is 2.40. The van der Waals surface area contributed by atoms with Crippen molar-refractivity contribution in [3.8, 4) is 0 Å². The second kappa shape index (κ2) is 9.17. The number of amidine groups is 1. The normalized spacial score (nSPS) is 22.8. The van der Waals surface area contributed by atoms with E-state index in [-0.39, 0.29) is 36.2 Å². The summed E-state index contributed by atoms with van der Waals surface area (Å²) in [5.41, 5.74) is 1.70. The van der Waals surface area contributed by atoms with E-state index in [2.05, 4.69) is 31.1 Å². The first-order valence-corrected chi connectivity index (χ1v) is 13.0.